The van der Waals surface area contributed by atoms with Gasteiger partial charge in [-0.25, -0.2) is 4.79 Å². The molecule has 39 heavy (non-hydrogen) atoms. The van der Waals surface area contributed by atoms with Gasteiger partial charge in [0.2, 0.25) is 5.91 Å². The van der Waals surface area contributed by atoms with Gasteiger partial charge in [-0.2, -0.15) is 5.10 Å². The third kappa shape index (κ3) is 4.98. The summed E-state index contributed by atoms with van der Waals surface area (Å²) in [7, 11) is 1.87. The van der Waals surface area contributed by atoms with Crippen molar-refractivity contribution >= 4 is 32.9 Å². The van der Waals surface area contributed by atoms with E-state index in [1.807, 2.05) is 46.8 Å². The highest BCUT2D eigenvalue weighted by Gasteiger charge is 2.28. The van der Waals surface area contributed by atoms with Gasteiger partial charge in [-0.1, -0.05) is 40.2 Å². The van der Waals surface area contributed by atoms with Crippen molar-refractivity contribution in [2.75, 3.05) is 26.2 Å². The quantitative estimate of drug-likeness (QED) is 0.329. The van der Waals surface area contributed by atoms with Crippen molar-refractivity contribution in [1.29, 1.82) is 0 Å². The highest BCUT2D eigenvalue weighted by Crippen LogP contribution is 2.31. The molecule has 4 heterocycles. The maximum atomic E-state index is 13.0. The summed E-state index contributed by atoms with van der Waals surface area (Å²) in [4.78, 5) is 29.5. The van der Waals surface area contributed by atoms with E-state index < -0.39 is 0 Å². The first-order valence-electron chi connectivity index (χ1n) is 13.9. The van der Waals surface area contributed by atoms with Crippen molar-refractivity contribution in [3.05, 3.63) is 74.7 Å². The number of fused-ring (bicyclic) bond motifs is 2. The van der Waals surface area contributed by atoms with Gasteiger partial charge in [0, 0.05) is 80.5 Å². The number of likely N-dealkylation sites (tertiary alicyclic amines) is 1. The molecule has 6 rings (SSSR count). The van der Waals surface area contributed by atoms with Crippen LogP contribution in [0.5, 0.6) is 0 Å². The van der Waals surface area contributed by atoms with E-state index in [9.17, 15) is 9.59 Å². The lowest BCUT2D eigenvalue weighted by Crippen LogP contribution is -2.38. The van der Waals surface area contributed by atoms with Gasteiger partial charge in [-0.15, -0.1) is 0 Å². The first-order chi connectivity index (χ1) is 18.9. The number of carbonyl (C=O) groups excluding carboxylic acids is 1. The summed E-state index contributed by atoms with van der Waals surface area (Å²) >= 11 is 3.53. The van der Waals surface area contributed by atoms with Gasteiger partial charge >= 0.3 is 5.69 Å². The first kappa shape index (κ1) is 26.1. The highest BCUT2D eigenvalue weighted by molar-refractivity contribution is 9.10. The van der Waals surface area contributed by atoms with Gasteiger partial charge in [-0.05, 0) is 50.1 Å². The Balaban J connectivity index is 1.12. The lowest BCUT2D eigenvalue weighted by molar-refractivity contribution is -0.129. The van der Waals surface area contributed by atoms with E-state index in [4.69, 9.17) is 5.10 Å². The van der Waals surface area contributed by atoms with Crippen molar-refractivity contribution in [1.82, 2.24) is 28.7 Å². The molecule has 0 aliphatic carbocycles. The van der Waals surface area contributed by atoms with Gasteiger partial charge in [0.15, 0.2) is 0 Å². The van der Waals surface area contributed by atoms with Crippen LogP contribution < -0.4 is 5.69 Å². The molecule has 0 atom stereocenters. The number of benzene rings is 2. The molecule has 1 saturated heterocycles. The van der Waals surface area contributed by atoms with Gasteiger partial charge in [0.05, 0.1) is 16.7 Å². The minimum Gasteiger partial charge on any atom is -0.338 e. The van der Waals surface area contributed by atoms with E-state index in [-0.39, 0.29) is 17.6 Å². The van der Waals surface area contributed by atoms with Crippen LogP contribution in [0, 0.1) is 0 Å². The van der Waals surface area contributed by atoms with Crippen LogP contribution in [0.25, 0.3) is 22.3 Å². The third-order valence-electron chi connectivity index (χ3n) is 8.46. The fraction of sp³-hybridized carbons (Fsp3) is 0.433. The first-order valence-corrected chi connectivity index (χ1v) is 14.7. The van der Waals surface area contributed by atoms with Crippen LogP contribution in [-0.4, -0.2) is 60.8 Å². The topological polar surface area (TPSA) is 68.3 Å². The Morgan fingerprint density at radius 3 is 2.44 bits per heavy atom. The summed E-state index contributed by atoms with van der Waals surface area (Å²) in [5, 5.41) is 5.07. The molecule has 0 unspecified atom stereocenters. The summed E-state index contributed by atoms with van der Waals surface area (Å²) in [6, 6.07) is 16.6. The molecule has 204 valence electrons. The van der Waals surface area contributed by atoms with Crippen LogP contribution in [0.2, 0.25) is 0 Å². The van der Waals surface area contributed by atoms with Gasteiger partial charge < -0.3 is 9.80 Å². The van der Waals surface area contributed by atoms with Crippen molar-refractivity contribution in [2.45, 2.75) is 51.7 Å². The Morgan fingerprint density at radius 1 is 1.00 bits per heavy atom. The molecular formula is C30H35BrN6O2. The minimum atomic E-state index is 0.0861. The van der Waals surface area contributed by atoms with Crippen LogP contribution in [-0.2, 0) is 31.4 Å². The van der Waals surface area contributed by atoms with Crippen molar-refractivity contribution in [2.24, 2.45) is 7.05 Å². The molecule has 9 heteroatoms. The standard InChI is InChI=1S/C30H35BrN6O2/c1-21(38)35-19-14-26-25(20-35)29(22-8-10-23(31)11-9-22)32-36(26)16-5-15-34-17-12-24(13-18-34)37-28-7-4-3-6-27(28)33(2)30(37)39/h3-4,6-11,24H,5,12-20H2,1-2H3. The SMILES string of the molecule is CC(=O)N1CCc2c(c(-c3ccc(Br)cc3)nn2CCCN2CCC(n3c(=O)n(C)c4ccccc43)CC2)C1. The molecule has 0 spiro atoms. The van der Waals surface area contributed by atoms with Crippen molar-refractivity contribution < 1.29 is 4.79 Å². The molecule has 0 radical (unpaired) electrons. The molecule has 2 aliphatic heterocycles. The van der Waals surface area contributed by atoms with E-state index in [1.54, 1.807) is 11.5 Å². The molecule has 2 aromatic heterocycles. The fourth-order valence-corrected chi connectivity index (χ4v) is 6.57. The van der Waals surface area contributed by atoms with E-state index in [0.29, 0.717) is 6.54 Å². The molecule has 0 N–H and O–H groups in total. The van der Waals surface area contributed by atoms with E-state index in [2.05, 4.69) is 43.7 Å². The molecule has 0 saturated carbocycles. The average molecular weight is 592 g/mol. The highest BCUT2D eigenvalue weighted by atomic mass is 79.9. The zero-order valence-corrected chi connectivity index (χ0v) is 24.2. The second-order valence-electron chi connectivity index (χ2n) is 10.8. The number of aryl methyl sites for hydroxylation is 2. The minimum absolute atomic E-state index is 0.0861. The lowest BCUT2D eigenvalue weighted by Gasteiger charge is -2.32. The Hall–Kier alpha value is -3.17. The van der Waals surface area contributed by atoms with Gasteiger partial charge in [-0.3, -0.25) is 18.6 Å². The fourth-order valence-electron chi connectivity index (χ4n) is 6.30. The maximum absolute atomic E-state index is 13.0. The van der Waals surface area contributed by atoms with Crippen LogP contribution in [0.15, 0.2) is 57.8 Å². The van der Waals surface area contributed by atoms with Crippen molar-refractivity contribution in [3.63, 3.8) is 0 Å². The number of hydrogen-bond acceptors (Lipinski definition) is 4. The second-order valence-corrected chi connectivity index (χ2v) is 11.7. The van der Waals surface area contributed by atoms with E-state index in [1.165, 1.54) is 11.3 Å². The third-order valence-corrected chi connectivity index (χ3v) is 8.99. The number of amides is 1. The van der Waals surface area contributed by atoms with Crippen LogP contribution in [0.3, 0.4) is 0 Å². The van der Waals surface area contributed by atoms with Crippen molar-refractivity contribution in [3.8, 4) is 11.3 Å². The van der Waals surface area contributed by atoms with Crippen LogP contribution >= 0.6 is 15.9 Å². The largest absolute Gasteiger partial charge is 0.338 e. The lowest BCUT2D eigenvalue weighted by atomic mass is 10.0. The predicted molar refractivity (Wildman–Crippen MR) is 157 cm³/mol. The monoisotopic (exact) mass is 590 g/mol. The van der Waals surface area contributed by atoms with Gasteiger partial charge in [0.1, 0.15) is 0 Å². The zero-order valence-electron chi connectivity index (χ0n) is 22.6. The summed E-state index contributed by atoms with van der Waals surface area (Å²) in [6.07, 6.45) is 3.83. The summed E-state index contributed by atoms with van der Waals surface area (Å²) in [5.74, 6) is 0.115. The average Bonchev–Trinajstić information content (AvgIpc) is 3.44. The molecule has 0 bridgehead atoms. The zero-order chi connectivity index (χ0) is 27.1. The van der Waals surface area contributed by atoms with E-state index >= 15 is 0 Å². The number of rotatable bonds is 6. The number of hydrogen-bond donors (Lipinski definition) is 0. The number of carbonyl (C=O) groups is 1. The smallest absolute Gasteiger partial charge is 0.329 e. The number of imidazole rings is 1. The molecule has 4 aromatic rings. The Morgan fingerprint density at radius 2 is 1.72 bits per heavy atom. The second kappa shape index (κ2) is 10.8. The molecule has 2 aliphatic rings. The molecule has 8 nitrogen and oxygen atoms in total. The van der Waals surface area contributed by atoms with E-state index in [0.717, 1.165) is 85.2 Å². The Bertz CT molecular complexity index is 1560. The number of aromatic nitrogens is 4. The summed E-state index contributed by atoms with van der Waals surface area (Å²) in [5.41, 5.74) is 6.65. The summed E-state index contributed by atoms with van der Waals surface area (Å²) < 4.78 is 7.01. The van der Waals surface area contributed by atoms with Gasteiger partial charge in [0.25, 0.3) is 0 Å². The number of nitrogens with zero attached hydrogens (tertiary/aromatic N) is 6. The number of halogens is 1. The molecule has 2 aromatic carbocycles. The van der Waals surface area contributed by atoms with Crippen LogP contribution in [0.1, 0.15) is 43.5 Å². The predicted octanol–water partition coefficient (Wildman–Crippen LogP) is 4.60. The Labute approximate surface area is 236 Å². The number of para-hydroxylation sites is 2. The normalized spacial score (nSPS) is 16.6. The van der Waals surface area contributed by atoms with Crippen LogP contribution in [0.4, 0.5) is 0 Å². The maximum Gasteiger partial charge on any atom is 0.329 e. The molecule has 1 amide bonds. The Kier molecular flexibility index (Phi) is 7.20. The number of piperidine rings is 1. The molecular weight excluding hydrogens is 556 g/mol. The molecule has 1 fully saturated rings. The summed E-state index contributed by atoms with van der Waals surface area (Å²) in [6.45, 7) is 6.88.